The minimum Gasteiger partial charge on any atom is -0.205 e. The molecule has 0 unspecified atom stereocenters. The summed E-state index contributed by atoms with van der Waals surface area (Å²) >= 11 is 0. The third-order valence-electron chi connectivity index (χ3n) is 1.01. The van der Waals surface area contributed by atoms with Crippen LogP contribution in [-0.2, 0) is 0 Å². The normalized spacial score (nSPS) is 25.7. The molecular weight excluding hydrogens is 105 g/mol. The molecule has 0 aromatic heterocycles. The van der Waals surface area contributed by atoms with Crippen LogP contribution in [0.1, 0.15) is 6.92 Å². The van der Waals surface area contributed by atoms with E-state index in [2.05, 4.69) is 0 Å². The number of allylic oxidation sites excluding steroid dienone is 2. The molecule has 0 spiro atoms. The maximum absolute atomic E-state index is 11.5. The van der Waals surface area contributed by atoms with Crippen molar-refractivity contribution < 1.29 is 13.2 Å². The molecule has 0 amide bonds. The lowest BCUT2D eigenvalue weighted by Gasteiger charge is -1.85. The van der Waals surface area contributed by atoms with E-state index in [1.165, 1.54) is 0 Å². The first-order chi connectivity index (χ1) is 3.07. The largest absolute Gasteiger partial charge is 0.322 e. The molecule has 0 saturated heterocycles. The van der Waals surface area contributed by atoms with Crippen molar-refractivity contribution >= 4 is 0 Å². The summed E-state index contributed by atoms with van der Waals surface area (Å²) in [6, 6.07) is 0. The zero-order valence-electron chi connectivity index (χ0n) is 3.63. The highest BCUT2D eigenvalue weighted by Gasteiger charge is 2.54. The van der Waals surface area contributed by atoms with Gasteiger partial charge in [0, 0.05) is 5.57 Å². The van der Waals surface area contributed by atoms with E-state index in [0.717, 1.165) is 6.92 Å². The van der Waals surface area contributed by atoms with Gasteiger partial charge in [0.25, 0.3) is 0 Å². The van der Waals surface area contributed by atoms with Gasteiger partial charge in [-0.25, -0.2) is 4.39 Å². The van der Waals surface area contributed by atoms with Crippen molar-refractivity contribution in [2.75, 3.05) is 0 Å². The molecule has 3 heteroatoms. The smallest absolute Gasteiger partial charge is 0.205 e. The lowest BCUT2D eigenvalue weighted by molar-refractivity contribution is 0.117. The molecule has 0 aromatic rings. The highest BCUT2D eigenvalue weighted by Crippen LogP contribution is 2.49. The molecule has 0 aliphatic heterocycles. The second-order valence-electron chi connectivity index (χ2n) is 1.51. The van der Waals surface area contributed by atoms with Crippen molar-refractivity contribution in [1.82, 2.24) is 0 Å². The van der Waals surface area contributed by atoms with Crippen LogP contribution in [0, 0.1) is 0 Å². The first-order valence-electron chi connectivity index (χ1n) is 1.82. The molecule has 0 fully saturated rings. The predicted octanol–water partition coefficient (Wildman–Crippen LogP) is 1.88. The maximum atomic E-state index is 11.5. The molecule has 1 aliphatic carbocycles. The van der Waals surface area contributed by atoms with Gasteiger partial charge in [-0.15, -0.1) is 0 Å². The van der Waals surface area contributed by atoms with E-state index in [1.54, 1.807) is 0 Å². The first-order valence-corrected chi connectivity index (χ1v) is 1.82. The van der Waals surface area contributed by atoms with Gasteiger partial charge in [-0.2, -0.15) is 8.78 Å². The summed E-state index contributed by atoms with van der Waals surface area (Å²) in [6.45, 7) is 1.08. The van der Waals surface area contributed by atoms with Gasteiger partial charge in [0.15, 0.2) is 5.83 Å². The Hall–Kier alpha value is -0.470. The van der Waals surface area contributed by atoms with Crippen molar-refractivity contribution in [3.63, 3.8) is 0 Å². The first kappa shape index (κ1) is 4.68. The van der Waals surface area contributed by atoms with E-state index < -0.39 is 17.3 Å². The number of hydrogen-bond donors (Lipinski definition) is 0. The van der Waals surface area contributed by atoms with Crippen molar-refractivity contribution in [2.24, 2.45) is 0 Å². The van der Waals surface area contributed by atoms with Crippen LogP contribution in [0.15, 0.2) is 11.4 Å². The lowest BCUT2D eigenvalue weighted by Crippen LogP contribution is -1.92. The van der Waals surface area contributed by atoms with Crippen molar-refractivity contribution in [3.8, 4) is 0 Å². The topological polar surface area (TPSA) is 0 Å². The second-order valence-corrected chi connectivity index (χ2v) is 1.51. The summed E-state index contributed by atoms with van der Waals surface area (Å²) in [6.07, 6.45) is 0. The van der Waals surface area contributed by atoms with Gasteiger partial charge >= 0.3 is 5.92 Å². The maximum Gasteiger partial charge on any atom is 0.322 e. The summed E-state index contributed by atoms with van der Waals surface area (Å²) in [4.78, 5) is 0. The Morgan fingerprint density at radius 3 is 1.57 bits per heavy atom. The van der Waals surface area contributed by atoms with Crippen LogP contribution in [0.3, 0.4) is 0 Å². The molecule has 0 bridgehead atoms. The van der Waals surface area contributed by atoms with Gasteiger partial charge in [0.1, 0.15) is 0 Å². The number of alkyl halides is 2. The van der Waals surface area contributed by atoms with E-state index in [4.69, 9.17) is 0 Å². The number of hydrogen-bond acceptors (Lipinski definition) is 0. The van der Waals surface area contributed by atoms with Gasteiger partial charge in [-0.1, -0.05) is 0 Å². The molecule has 0 heterocycles. The Bertz CT molecular complexity index is 120. The fourth-order valence-electron chi connectivity index (χ4n) is 0.311. The van der Waals surface area contributed by atoms with E-state index >= 15 is 0 Å². The molecule has 0 N–H and O–H groups in total. The standard InChI is InChI=1S/C4H3F3/c1-2-3(5)4(2,6)7/h1H3. The third kappa shape index (κ3) is 0.376. The molecule has 0 radical (unpaired) electrons. The van der Waals surface area contributed by atoms with Crippen LogP contribution in [-0.4, -0.2) is 5.92 Å². The molecule has 7 heavy (non-hydrogen) atoms. The quantitative estimate of drug-likeness (QED) is 0.444. The van der Waals surface area contributed by atoms with E-state index in [0.29, 0.717) is 0 Å². The predicted molar refractivity (Wildman–Crippen MR) is 18.8 cm³/mol. The molecular formula is C4H3F3. The van der Waals surface area contributed by atoms with Crippen LogP contribution < -0.4 is 0 Å². The summed E-state index contributed by atoms with van der Waals surface area (Å²) in [5, 5.41) is 0. The highest BCUT2D eigenvalue weighted by molar-refractivity contribution is 5.41. The van der Waals surface area contributed by atoms with Crippen LogP contribution in [0.25, 0.3) is 0 Å². The van der Waals surface area contributed by atoms with Crippen LogP contribution in [0.4, 0.5) is 13.2 Å². The lowest BCUT2D eigenvalue weighted by atomic mass is 10.5. The molecule has 0 saturated carbocycles. The van der Waals surface area contributed by atoms with E-state index in [-0.39, 0.29) is 0 Å². The fraction of sp³-hybridized carbons (Fsp3) is 0.500. The second kappa shape index (κ2) is 0.854. The van der Waals surface area contributed by atoms with Gasteiger partial charge in [0.05, 0.1) is 0 Å². The Labute approximate surface area is 38.6 Å². The molecule has 1 aliphatic rings. The van der Waals surface area contributed by atoms with Crippen molar-refractivity contribution in [3.05, 3.63) is 11.4 Å². The third-order valence-corrected chi connectivity index (χ3v) is 1.01. The molecule has 0 atom stereocenters. The van der Waals surface area contributed by atoms with E-state index in [9.17, 15) is 13.2 Å². The molecule has 0 nitrogen and oxygen atoms in total. The monoisotopic (exact) mass is 108 g/mol. The highest BCUT2D eigenvalue weighted by atomic mass is 19.3. The summed E-state index contributed by atoms with van der Waals surface area (Å²) < 4.78 is 34.4. The average molecular weight is 108 g/mol. The number of halogens is 3. The minimum absolute atomic E-state index is 0.424. The molecule has 1 rings (SSSR count). The Morgan fingerprint density at radius 1 is 1.43 bits per heavy atom. The van der Waals surface area contributed by atoms with Gasteiger partial charge in [-0.05, 0) is 6.92 Å². The van der Waals surface area contributed by atoms with Gasteiger partial charge < -0.3 is 0 Å². The Balaban J connectivity index is 2.69. The molecule has 0 aromatic carbocycles. The van der Waals surface area contributed by atoms with Gasteiger partial charge in [0.2, 0.25) is 0 Å². The zero-order chi connectivity index (χ0) is 5.65. The zero-order valence-corrected chi connectivity index (χ0v) is 3.63. The molecule has 40 valence electrons. The van der Waals surface area contributed by atoms with E-state index in [1.807, 2.05) is 0 Å². The minimum atomic E-state index is -3.17. The summed E-state index contributed by atoms with van der Waals surface area (Å²) in [5.74, 6) is -4.42. The Kier molecular flexibility index (Phi) is 0.571. The van der Waals surface area contributed by atoms with Crippen LogP contribution in [0.5, 0.6) is 0 Å². The van der Waals surface area contributed by atoms with Crippen molar-refractivity contribution in [1.29, 1.82) is 0 Å². The Morgan fingerprint density at radius 2 is 1.57 bits per heavy atom. The van der Waals surface area contributed by atoms with Crippen molar-refractivity contribution in [2.45, 2.75) is 12.8 Å². The van der Waals surface area contributed by atoms with Gasteiger partial charge in [-0.3, -0.25) is 0 Å². The number of rotatable bonds is 0. The van der Waals surface area contributed by atoms with Crippen LogP contribution >= 0.6 is 0 Å². The fourth-order valence-corrected chi connectivity index (χ4v) is 0.311. The average Bonchev–Trinajstić information content (AvgIpc) is 1.91. The summed E-state index contributed by atoms with van der Waals surface area (Å²) in [5.41, 5.74) is -0.424. The van der Waals surface area contributed by atoms with Crippen LogP contribution in [0.2, 0.25) is 0 Å². The SMILES string of the molecule is CC1=C(F)C1(F)F. The summed E-state index contributed by atoms with van der Waals surface area (Å²) in [7, 11) is 0.